The second-order valence-electron chi connectivity index (χ2n) is 6.66. The Morgan fingerprint density at radius 1 is 1.37 bits per heavy atom. The fourth-order valence-corrected chi connectivity index (χ4v) is 3.54. The molecule has 0 aliphatic rings. The number of carbonyl (C=O) groups is 1. The van der Waals surface area contributed by atoms with E-state index in [9.17, 15) is 9.59 Å². The highest BCUT2D eigenvalue weighted by Crippen LogP contribution is 2.31. The van der Waals surface area contributed by atoms with Crippen LogP contribution in [0.2, 0.25) is 5.02 Å². The highest BCUT2D eigenvalue weighted by Gasteiger charge is 2.19. The molecule has 6 nitrogen and oxygen atoms in total. The lowest BCUT2D eigenvalue weighted by atomic mass is 10.1. The number of nitrogens with zero attached hydrogens (tertiary/aromatic N) is 2. The lowest BCUT2D eigenvalue weighted by molar-refractivity contribution is -0.124. The van der Waals surface area contributed by atoms with Crippen LogP contribution in [0.5, 0.6) is 0 Å². The van der Waals surface area contributed by atoms with Gasteiger partial charge in [-0.05, 0) is 18.9 Å². The molecule has 0 saturated heterocycles. The Hall–Kier alpha value is -3.02. The van der Waals surface area contributed by atoms with Crippen LogP contribution in [0.4, 0.5) is 4.39 Å². The summed E-state index contributed by atoms with van der Waals surface area (Å²) in [5.41, 5.74) is 0.565. The van der Waals surface area contributed by atoms with E-state index >= 15 is 4.39 Å². The van der Waals surface area contributed by atoms with Gasteiger partial charge in [-0.2, -0.15) is 0 Å². The van der Waals surface area contributed by atoms with Gasteiger partial charge in [-0.1, -0.05) is 37.4 Å². The van der Waals surface area contributed by atoms with Gasteiger partial charge >= 0.3 is 0 Å². The molecule has 0 atom stereocenters. The first-order valence-corrected chi connectivity index (χ1v) is 10.3. The lowest BCUT2D eigenvalue weighted by Crippen LogP contribution is -2.27. The van der Waals surface area contributed by atoms with Crippen LogP contribution in [-0.2, 0) is 11.3 Å². The van der Waals surface area contributed by atoms with Crippen LogP contribution in [0, 0.1) is 23.6 Å². The van der Waals surface area contributed by atoms with Crippen LogP contribution >= 0.6 is 22.9 Å². The number of aromatic amines is 1. The summed E-state index contributed by atoms with van der Waals surface area (Å²) in [6.07, 6.45) is 0. The maximum atomic E-state index is 15.2. The minimum atomic E-state index is -0.663. The lowest BCUT2D eigenvalue weighted by Gasteiger charge is -2.12. The summed E-state index contributed by atoms with van der Waals surface area (Å²) in [5, 5.41) is 4.98. The Morgan fingerprint density at radius 2 is 2.13 bits per heavy atom. The molecule has 154 valence electrons. The zero-order valence-electron chi connectivity index (χ0n) is 16.5. The van der Waals surface area contributed by atoms with E-state index in [1.54, 1.807) is 26.2 Å². The van der Waals surface area contributed by atoms with Crippen LogP contribution in [-0.4, -0.2) is 20.9 Å². The first kappa shape index (κ1) is 21.7. The Balaban J connectivity index is 2.03. The monoisotopic (exact) mass is 444 g/mol. The second kappa shape index (κ2) is 9.20. The predicted octanol–water partition coefficient (Wildman–Crippen LogP) is 4.00. The van der Waals surface area contributed by atoms with Crippen LogP contribution in [0.25, 0.3) is 22.1 Å². The average molecular weight is 445 g/mol. The summed E-state index contributed by atoms with van der Waals surface area (Å²) in [6, 6.07) is 4.27. The quantitative estimate of drug-likeness (QED) is 0.582. The minimum Gasteiger partial charge on any atom is -0.352 e. The van der Waals surface area contributed by atoms with E-state index in [1.165, 1.54) is 29.5 Å². The molecule has 0 unspecified atom stereocenters. The molecule has 2 N–H and O–H groups in total. The zero-order chi connectivity index (χ0) is 21.8. The van der Waals surface area contributed by atoms with Gasteiger partial charge in [0.1, 0.15) is 28.0 Å². The predicted molar refractivity (Wildman–Crippen MR) is 116 cm³/mol. The molecule has 3 aromatic rings. The summed E-state index contributed by atoms with van der Waals surface area (Å²) in [7, 11) is 0. The van der Waals surface area contributed by atoms with Crippen LogP contribution in [0.15, 0.2) is 28.4 Å². The minimum absolute atomic E-state index is 0.0114. The summed E-state index contributed by atoms with van der Waals surface area (Å²) >= 11 is 7.50. The standard InChI is InChI=1S/C21H18ClFN4O2S/c1-4-5-13-10-30-21(25-13)15-8-16(28)27-19(26-15)17-14(22)7-6-12(18(17)23)9-24-20(29)11(2)3/h6-8,10-11H,9H2,1-3H3,(H,24,29)(H,26,27,28). The van der Waals surface area contributed by atoms with Gasteiger partial charge in [0, 0.05) is 29.5 Å². The maximum Gasteiger partial charge on any atom is 0.251 e. The number of halogens is 2. The van der Waals surface area contributed by atoms with E-state index in [-0.39, 0.29) is 46.0 Å². The molecule has 30 heavy (non-hydrogen) atoms. The third kappa shape index (κ3) is 4.75. The fraction of sp³-hybridized carbons (Fsp3) is 0.238. The van der Waals surface area contributed by atoms with Gasteiger partial charge in [-0.15, -0.1) is 11.3 Å². The van der Waals surface area contributed by atoms with E-state index in [2.05, 4.69) is 32.1 Å². The van der Waals surface area contributed by atoms with E-state index in [0.717, 1.165) is 0 Å². The number of aromatic nitrogens is 3. The van der Waals surface area contributed by atoms with Crippen LogP contribution < -0.4 is 10.9 Å². The number of rotatable bonds is 5. The fourth-order valence-electron chi connectivity index (χ4n) is 2.60. The molecule has 2 heterocycles. The van der Waals surface area contributed by atoms with Crippen molar-refractivity contribution in [1.82, 2.24) is 20.3 Å². The number of amides is 1. The van der Waals surface area contributed by atoms with Crippen molar-refractivity contribution < 1.29 is 9.18 Å². The number of nitrogens with one attached hydrogen (secondary N) is 2. The number of hydrogen-bond donors (Lipinski definition) is 2. The second-order valence-corrected chi connectivity index (χ2v) is 7.93. The van der Waals surface area contributed by atoms with Crippen molar-refractivity contribution >= 4 is 28.8 Å². The first-order valence-electron chi connectivity index (χ1n) is 9.05. The van der Waals surface area contributed by atoms with Gasteiger partial charge in [-0.3, -0.25) is 9.59 Å². The molecule has 0 saturated carbocycles. The first-order chi connectivity index (χ1) is 14.3. The van der Waals surface area contributed by atoms with Crippen molar-refractivity contribution in [1.29, 1.82) is 0 Å². The van der Waals surface area contributed by atoms with Gasteiger partial charge in [-0.25, -0.2) is 14.4 Å². The average Bonchev–Trinajstić information content (AvgIpc) is 3.16. The number of thiazole rings is 1. The van der Waals surface area contributed by atoms with Gasteiger partial charge < -0.3 is 10.3 Å². The van der Waals surface area contributed by atoms with E-state index < -0.39 is 11.4 Å². The Labute approximate surface area is 181 Å². The molecule has 0 bridgehead atoms. The van der Waals surface area contributed by atoms with Gasteiger partial charge in [0.15, 0.2) is 0 Å². The Bertz CT molecular complexity index is 1220. The van der Waals surface area contributed by atoms with Gasteiger partial charge in [0.25, 0.3) is 5.56 Å². The molecule has 9 heteroatoms. The highest BCUT2D eigenvalue weighted by molar-refractivity contribution is 7.13. The van der Waals surface area contributed by atoms with Crippen molar-refractivity contribution in [2.75, 3.05) is 0 Å². The summed E-state index contributed by atoms with van der Waals surface area (Å²) in [5.74, 6) is 4.48. The summed E-state index contributed by atoms with van der Waals surface area (Å²) in [6.45, 7) is 5.18. The summed E-state index contributed by atoms with van der Waals surface area (Å²) in [4.78, 5) is 35.3. The van der Waals surface area contributed by atoms with Crippen molar-refractivity contribution in [3.05, 3.63) is 56.0 Å². The molecule has 0 aliphatic carbocycles. The number of H-pyrrole nitrogens is 1. The van der Waals surface area contributed by atoms with Crippen molar-refractivity contribution in [2.24, 2.45) is 5.92 Å². The third-order valence-corrected chi connectivity index (χ3v) is 5.28. The number of hydrogen-bond acceptors (Lipinski definition) is 5. The molecule has 0 spiro atoms. The molecule has 1 amide bonds. The number of carbonyl (C=O) groups excluding carboxylic acids is 1. The van der Waals surface area contributed by atoms with E-state index in [4.69, 9.17) is 11.6 Å². The zero-order valence-corrected chi connectivity index (χ0v) is 18.0. The third-order valence-electron chi connectivity index (χ3n) is 4.10. The molecular weight excluding hydrogens is 427 g/mol. The SMILES string of the molecule is CC#Cc1csc(-c2cc(=O)[nH]c(-c3c(Cl)ccc(CNC(=O)C(C)C)c3F)n2)n1. The van der Waals surface area contributed by atoms with Crippen LogP contribution in [0.3, 0.4) is 0 Å². The number of benzene rings is 1. The van der Waals surface area contributed by atoms with Gasteiger partial charge in [0.2, 0.25) is 5.91 Å². The Kier molecular flexibility index (Phi) is 6.65. The molecular formula is C21H18ClFN4O2S. The molecule has 3 rings (SSSR count). The molecule has 2 aromatic heterocycles. The smallest absolute Gasteiger partial charge is 0.251 e. The molecule has 0 aliphatic heterocycles. The maximum absolute atomic E-state index is 15.2. The van der Waals surface area contributed by atoms with Gasteiger partial charge in [0.05, 0.1) is 10.6 Å². The molecule has 0 radical (unpaired) electrons. The van der Waals surface area contributed by atoms with E-state index in [1.807, 2.05) is 0 Å². The molecule has 1 aromatic carbocycles. The summed E-state index contributed by atoms with van der Waals surface area (Å²) < 4.78 is 15.2. The van der Waals surface area contributed by atoms with Crippen LogP contribution in [0.1, 0.15) is 32.0 Å². The molecule has 0 fully saturated rings. The van der Waals surface area contributed by atoms with Crippen molar-refractivity contribution in [3.63, 3.8) is 0 Å². The normalized spacial score (nSPS) is 10.6. The highest BCUT2D eigenvalue weighted by atomic mass is 35.5. The van der Waals surface area contributed by atoms with Crippen molar-refractivity contribution in [2.45, 2.75) is 27.3 Å². The topological polar surface area (TPSA) is 87.7 Å². The Morgan fingerprint density at radius 3 is 2.83 bits per heavy atom. The van der Waals surface area contributed by atoms with E-state index in [0.29, 0.717) is 10.7 Å². The largest absolute Gasteiger partial charge is 0.352 e. The van der Waals surface area contributed by atoms with Crippen molar-refractivity contribution in [3.8, 4) is 33.9 Å².